The van der Waals surface area contributed by atoms with E-state index in [1.807, 2.05) is 52.0 Å². The Morgan fingerprint density at radius 1 is 1.19 bits per heavy atom. The van der Waals surface area contributed by atoms with E-state index in [0.29, 0.717) is 28.7 Å². The molecule has 0 fully saturated rings. The van der Waals surface area contributed by atoms with Crippen LogP contribution in [0.25, 0.3) is 22.2 Å². The van der Waals surface area contributed by atoms with E-state index in [-0.39, 0.29) is 0 Å². The first-order valence-corrected chi connectivity index (χ1v) is 13.3. The number of carboxylic acids is 1. The molecular formula is C30H34Cl2N2O3. The molecule has 196 valence electrons. The van der Waals surface area contributed by atoms with Gasteiger partial charge in [0.05, 0.1) is 5.60 Å². The molecule has 2 unspecified atom stereocenters. The number of allylic oxidation sites excluding steroid dienone is 4. The zero-order valence-electron chi connectivity index (χ0n) is 22.4. The molecule has 7 heteroatoms. The molecule has 0 aliphatic heterocycles. The molecule has 0 spiro atoms. The Morgan fingerprint density at radius 2 is 1.84 bits per heavy atom. The Kier molecular flexibility index (Phi) is 7.62. The number of carbonyl (C=O) groups is 1. The van der Waals surface area contributed by atoms with E-state index in [1.165, 1.54) is 5.57 Å². The quantitative estimate of drug-likeness (QED) is 0.341. The molecule has 4 rings (SSSR count). The van der Waals surface area contributed by atoms with Crippen LogP contribution in [0.4, 0.5) is 0 Å². The fourth-order valence-electron chi connectivity index (χ4n) is 5.02. The lowest BCUT2D eigenvalue weighted by Crippen LogP contribution is -2.28. The molecule has 0 bridgehead atoms. The van der Waals surface area contributed by atoms with Crippen molar-refractivity contribution in [2.45, 2.75) is 73.1 Å². The minimum atomic E-state index is -1.18. The van der Waals surface area contributed by atoms with Crippen LogP contribution in [-0.4, -0.2) is 26.2 Å². The van der Waals surface area contributed by atoms with Crippen molar-refractivity contribution in [2.24, 2.45) is 5.92 Å². The average Bonchev–Trinajstić information content (AvgIpc) is 3.03. The van der Waals surface area contributed by atoms with Gasteiger partial charge in [-0.25, -0.2) is 9.78 Å². The predicted molar refractivity (Wildman–Crippen MR) is 151 cm³/mol. The van der Waals surface area contributed by atoms with E-state index in [0.717, 1.165) is 44.9 Å². The zero-order valence-corrected chi connectivity index (χ0v) is 24.0. The summed E-state index contributed by atoms with van der Waals surface area (Å²) in [5.41, 5.74) is 6.40. The summed E-state index contributed by atoms with van der Waals surface area (Å²) in [5.74, 6) is -0.682. The van der Waals surface area contributed by atoms with Crippen LogP contribution in [0.2, 0.25) is 5.02 Å². The molecule has 0 radical (unpaired) electrons. The average molecular weight is 542 g/mol. The third-order valence-electron chi connectivity index (χ3n) is 7.04. The lowest BCUT2D eigenvalue weighted by atomic mass is 9.91. The van der Waals surface area contributed by atoms with Crippen molar-refractivity contribution in [3.05, 3.63) is 74.6 Å². The van der Waals surface area contributed by atoms with Crippen molar-refractivity contribution in [1.29, 1.82) is 0 Å². The van der Waals surface area contributed by atoms with Gasteiger partial charge >= 0.3 is 5.97 Å². The largest absolute Gasteiger partial charge is 0.479 e. The standard InChI is InChI=1S/C30H34Cl2N2O3/c1-16-8-11-23(32)14-21(16)15-34-19(4)17(2)24-26(20-9-12-22(31)13-10-20)25(18(3)33-28(24)34)27(29(35)36)37-30(5,6)7/h9-14,16,27H,8,15H2,1-7H3,(H,35,36). The van der Waals surface area contributed by atoms with E-state index in [2.05, 4.69) is 37.5 Å². The summed E-state index contributed by atoms with van der Waals surface area (Å²) < 4.78 is 8.34. The van der Waals surface area contributed by atoms with Gasteiger partial charge in [-0.3, -0.25) is 0 Å². The van der Waals surface area contributed by atoms with Crippen LogP contribution in [0, 0.1) is 26.7 Å². The summed E-state index contributed by atoms with van der Waals surface area (Å²) in [6.45, 7) is 14.5. The number of benzene rings is 1. The number of fused-ring (bicyclic) bond motifs is 1. The number of rotatable bonds is 6. The van der Waals surface area contributed by atoms with Crippen molar-refractivity contribution in [2.75, 3.05) is 0 Å². The smallest absolute Gasteiger partial charge is 0.337 e. The van der Waals surface area contributed by atoms with Gasteiger partial charge in [-0.15, -0.1) is 0 Å². The van der Waals surface area contributed by atoms with Crippen LogP contribution in [-0.2, 0) is 16.1 Å². The Labute approximate surface area is 228 Å². The number of aryl methyl sites for hydroxylation is 2. The first-order chi connectivity index (χ1) is 17.3. The SMILES string of the molecule is Cc1nc2c(c(C)c(C)n2CC2=CC(Cl)=CCC2C)c(-c2ccc(Cl)cc2)c1C(OC(C)(C)C)C(=O)O. The molecule has 0 amide bonds. The number of halogens is 2. The highest BCUT2D eigenvalue weighted by Crippen LogP contribution is 2.43. The van der Waals surface area contributed by atoms with Crippen molar-refractivity contribution in [3.63, 3.8) is 0 Å². The molecule has 1 aliphatic carbocycles. The van der Waals surface area contributed by atoms with Gasteiger partial charge in [0.25, 0.3) is 0 Å². The molecular weight excluding hydrogens is 507 g/mol. The van der Waals surface area contributed by atoms with E-state index in [4.69, 9.17) is 32.9 Å². The molecule has 0 saturated carbocycles. The topological polar surface area (TPSA) is 64.4 Å². The van der Waals surface area contributed by atoms with Crippen LogP contribution in [0.5, 0.6) is 0 Å². The van der Waals surface area contributed by atoms with Crippen LogP contribution in [0.15, 0.2) is 47.0 Å². The molecule has 1 aromatic carbocycles. The van der Waals surface area contributed by atoms with Gasteiger partial charge in [-0.1, -0.05) is 48.3 Å². The number of nitrogens with zero attached hydrogens (tertiary/aromatic N) is 2. The highest BCUT2D eigenvalue weighted by molar-refractivity contribution is 6.31. The number of ether oxygens (including phenoxy) is 1. The first kappa shape index (κ1) is 27.4. The Bertz CT molecular complexity index is 1430. The van der Waals surface area contributed by atoms with Crippen molar-refractivity contribution in [1.82, 2.24) is 9.55 Å². The molecule has 1 N–H and O–H groups in total. The summed E-state index contributed by atoms with van der Waals surface area (Å²) in [5, 5.41) is 12.6. The third kappa shape index (κ3) is 5.50. The fourth-order valence-corrected chi connectivity index (χ4v) is 5.37. The van der Waals surface area contributed by atoms with Crippen LogP contribution in [0.1, 0.15) is 62.7 Å². The number of carboxylic acid groups (broad SMARTS) is 1. The number of hydrogen-bond acceptors (Lipinski definition) is 3. The number of aliphatic carboxylic acids is 1. The molecule has 37 heavy (non-hydrogen) atoms. The summed E-state index contributed by atoms with van der Waals surface area (Å²) in [6.07, 6.45) is 3.82. The molecule has 3 aromatic rings. The Balaban J connectivity index is 2.05. The van der Waals surface area contributed by atoms with Crippen molar-refractivity contribution in [3.8, 4) is 11.1 Å². The fraction of sp³-hybridized carbons (Fsp3) is 0.400. The molecule has 1 aliphatic rings. The lowest BCUT2D eigenvalue weighted by molar-refractivity contribution is -0.160. The lowest BCUT2D eigenvalue weighted by Gasteiger charge is -2.28. The van der Waals surface area contributed by atoms with Gasteiger partial charge in [0, 0.05) is 44.5 Å². The Hall–Kier alpha value is -2.60. The summed E-state index contributed by atoms with van der Waals surface area (Å²) in [7, 11) is 0. The Morgan fingerprint density at radius 3 is 2.43 bits per heavy atom. The second-order valence-corrected chi connectivity index (χ2v) is 11.8. The van der Waals surface area contributed by atoms with E-state index < -0.39 is 17.7 Å². The number of pyridine rings is 1. The van der Waals surface area contributed by atoms with Crippen LogP contribution >= 0.6 is 23.2 Å². The van der Waals surface area contributed by atoms with E-state index >= 15 is 0 Å². The molecule has 5 nitrogen and oxygen atoms in total. The maximum atomic E-state index is 12.6. The zero-order chi connectivity index (χ0) is 27.2. The second-order valence-electron chi connectivity index (χ2n) is 10.9. The van der Waals surface area contributed by atoms with Gasteiger partial charge in [0.2, 0.25) is 0 Å². The van der Waals surface area contributed by atoms with Crippen molar-refractivity contribution >= 4 is 40.2 Å². The second kappa shape index (κ2) is 10.3. The monoisotopic (exact) mass is 540 g/mol. The van der Waals surface area contributed by atoms with E-state index in [9.17, 15) is 9.90 Å². The summed E-state index contributed by atoms with van der Waals surface area (Å²) in [4.78, 5) is 17.6. The van der Waals surface area contributed by atoms with Crippen LogP contribution < -0.4 is 0 Å². The third-order valence-corrected chi connectivity index (χ3v) is 7.55. The molecule has 0 saturated heterocycles. The highest BCUT2D eigenvalue weighted by Gasteiger charge is 2.33. The van der Waals surface area contributed by atoms with Gasteiger partial charge < -0.3 is 14.4 Å². The molecule has 2 heterocycles. The number of aromatic nitrogens is 2. The maximum Gasteiger partial charge on any atom is 0.337 e. The number of hydrogen-bond donors (Lipinski definition) is 1. The van der Waals surface area contributed by atoms with Gasteiger partial charge in [0.15, 0.2) is 6.10 Å². The van der Waals surface area contributed by atoms with Crippen LogP contribution in [0.3, 0.4) is 0 Å². The molecule has 2 atom stereocenters. The normalized spacial score (nSPS) is 17.1. The van der Waals surface area contributed by atoms with E-state index in [1.54, 1.807) is 0 Å². The minimum absolute atomic E-state index is 0.368. The van der Waals surface area contributed by atoms with Crippen molar-refractivity contribution < 1.29 is 14.6 Å². The van der Waals surface area contributed by atoms with Gasteiger partial charge in [0.1, 0.15) is 5.65 Å². The summed E-state index contributed by atoms with van der Waals surface area (Å²) >= 11 is 12.6. The minimum Gasteiger partial charge on any atom is -0.479 e. The van der Waals surface area contributed by atoms with Gasteiger partial charge in [-0.05, 0) is 88.8 Å². The summed E-state index contributed by atoms with van der Waals surface area (Å²) in [6, 6.07) is 7.51. The first-order valence-electron chi connectivity index (χ1n) is 12.5. The predicted octanol–water partition coefficient (Wildman–Crippen LogP) is 8.31. The van der Waals surface area contributed by atoms with Gasteiger partial charge in [-0.2, -0.15) is 0 Å². The highest BCUT2D eigenvalue weighted by atomic mass is 35.5. The molecule has 2 aromatic heterocycles. The maximum absolute atomic E-state index is 12.6.